The summed E-state index contributed by atoms with van der Waals surface area (Å²) < 4.78 is 31.9. The Labute approximate surface area is 182 Å². The zero-order chi connectivity index (χ0) is 22.0. The lowest BCUT2D eigenvalue weighted by Crippen LogP contribution is -2.24. The van der Waals surface area contributed by atoms with Crippen LogP contribution in [0.5, 0.6) is 0 Å². The molecule has 0 atom stereocenters. The number of benzene rings is 3. The Hall–Kier alpha value is -3.16. The van der Waals surface area contributed by atoms with Crippen LogP contribution in [0.25, 0.3) is 22.4 Å². The molecule has 7 heteroatoms. The van der Waals surface area contributed by atoms with E-state index in [2.05, 4.69) is 10.6 Å². The van der Waals surface area contributed by atoms with Crippen molar-refractivity contribution in [2.24, 2.45) is 7.05 Å². The molecule has 0 aliphatic carbocycles. The van der Waals surface area contributed by atoms with Crippen LogP contribution >= 0.6 is 0 Å². The van der Waals surface area contributed by atoms with Gasteiger partial charge in [-0.25, -0.2) is 4.98 Å². The van der Waals surface area contributed by atoms with E-state index in [1.165, 1.54) is 0 Å². The van der Waals surface area contributed by atoms with Gasteiger partial charge in [0, 0.05) is 31.9 Å². The van der Waals surface area contributed by atoms with E-state index in [4.69, 9.17) is 9.17 Å². The maximum absolute atomic E-state index is 12.3. The quantitative estimate of drug-likeness (QED) is 0.403. The van der Waals surface area contributed by atoms with Gasteiger partial charge < -0.3 is 9.47 Å². The Kier molecular flexibility index (Phi) is 5.80. The van der Waals surface area contributed by atoms with Crippen LogP contribution in [-0.4, -0.2) is 38.2 Å². The molecular formula is C24H25N3O3S. The summed E-state index contributed by atoms with van der Waals surface area (Å²) in [6.45, 7) is 2.42. The summed E-state index contributed by atoms with van der Waals surface area (Å²) >= 11 is 0. The van der Waals surface area contributed by atoms with Gasteiger partial charge in [0.2, 0.25) is 0 Å². The highest BCUT2D eigenvalue weighted by Crippen LogP contribution is 2.25. The first kappa shape index (κ1) is 21.1. The van der Waals surface area contributed by atoms with Crippen molar-refractivity contribution < 1.29 is 12.6 Å². The lowest BCUT2D eigenvalue weighted by Gasteiger charge is -2.19. The van der Waals surface area contributed by atoms with Gasteiger partial charge >= 0.3 is 0 Å². The van der Waals surface area contributed by atoms with Crippen LogP contribution < -0.4 is 4.90 Å². The Bertz CT molecular complexity index is 1290. The van der Waals surface area contributed by atoms with Gasteiger partial charge in [-0.2, -0.15) is 8.42 Å². The average Bonchev–Trinajstić information content (AvgIpc) is 3.11. The van der Waals surface area contributed by atoms with Crippen molar-refractivity contribution in [3.63, 3.8) is 0 Å². The van der Waals surface area contributed by atoms with Crippen LogP contribution in [0, 0.1) is 6.92 Å². The number of imidazole rings is 1. The Morgan fingerprint density at radius 3 is 2.32 bits per heavy atom. The smallest absolute Gasteiger partial charge is 0.297 e. The van der Waals surface area contributed by atoms with E-state index in [1.807, 2.05) is 68.4 Å². The molecule has 0 N–H and O–H groups in total. The van der Waals surface area contributed by atoms with Gasteiger partial charge in [0.25, 0.3) is 10.1 Å². The van der Waals surface area contributed by atoms with Crippen LogP contribution in [0.3, 0.4) is 0 Å². The molecule has 0 saturated heterocycles. The minimum atomic E-state index is -3.75. The summed E-state index contributed by atoms with van der Waals surface area (Å²) in [5.74, 6) is 0.905. The highest BCUT2D eigenvalue weighted by atomic mass is 32.2. The second-order valence-corrected chi connectivity index (χ2v) is 9.16. The van der Waals surface area contributed by atoms with Crippen molar-refractivity contribution >= 4 is 26.8 Å². The predicted molar refractivity (Wildman–Crippen MR) is 124 cm³/mol. The van der Waals surface area contributed by atoms with Crippen molar-refractivity contribution in [3.05, 3.63) is 78.4 Å². The monoisotopic (exact) mass is 435 g/mol. The molecule has 0 saturated carbocycles. The lowest BCUT2D eigenvalue weighted by atomic mass is 10.2. The van der Waals surface area contributed by atoms with E-state index >= 15 is 0 Å². The fourth-order valence-corrected chi connectivity index (χ4v) is 4.35. The first-order chi connectivity index (χ1) is 14.8. The van der Waals surface area contributed by atoms with Crippen molar-refractivity contribution in [1.82, 2.24) is 9.55 Å². The number of hydrogen-bond donors (Lipinski definition) is 0. The molecule has 0 bridgehead atoms. The summed E-state index contributed by atoms with van der Waals surface area (Å²) in [6, 6.07) is 22.8. The fraction of sp³-hybridized carbons (Fsp3) is 0.208. The molecule has 0 spiro atoms. The van der Waals surface area contributed by atoms with Crippen LogP contribution in [0.15, 0.2) is 77.7 Å². The number of hydrogen-bond acceptors (Lipinski definition) is 5. The Morgan fingerprint density at radius 2 is 1.65 bits per heavy atom. The SMILES string of the molecule is Cc1ccc(S(=O)(=O)OCCN(C)c2ccc(-c3nc4ccccc4n3C)cc2)cc1. The molecule has 4 rings (SSSR count). The second kappa shape index (κ2) is 8.53. The zero-order valence-electron chi connectivity index (χ0n) is 17.8. The van der Waals surface area contributed by atoms with Crippen LogP contribution in [0.4, 0.5) is 5.69 Å². The van der Waals surface area contributed by atoms with E-state index in [0.717, 1.165) is 33.7 Å². The summed E-state index contributed by atoms with van der Waals surface area (Å²) in [4.78, 5) is 6.87. The third-order valence-corrected chi connectivity index (χ3v) is 6.65. The number of anilines is 1. The fourth-order valence-electron chi connectivity index (χ4n) is 3.45. The molecule has 0 unspecified atom stereocenters. The normalized spacial score (nSPS) is 11.7. The number of para-hydroxylation sites is 2. The molecule has 0 aliphatic heterocycles. The molecule has 1 heterocycles. The molecule has 0 amide bonds. The molecular weight excluding hydrogens is 410 g/mol. The third-order valence-electron chi connectivity index (χ3n) is 5.33. The second-order valence-electron chi connectivity index (χ2n) is 7.54. The lowest BCUT2D eigenvalue weighted by molar-refractivity contribution is 0.325. The van der Waals surface area contributed by atoms with Gasteiger partial charge in [-0.05, 0) is 55.5 Å². The highest BCUT2D eigenvalue weighted by Gasteiger charge is 2.15. The summed E-state index contributed by atoms with van der Waals surface area (Å²) in [5.41, 5.74) is 5.05. The molecule has 4 aromatic rings. The molecule has 0 fully saturated rings. The van der Waals surface area contributed by atoms with Gasteiger partial charge in [-0.3, -0.25) is 4.18 Å². The summed E-state index contributed by atoms with van der Waals surface area (Å²) in [6.07, 6.45) is 0. The first-order valence-corrected chi connectivity index (χ1v) is 11.4. The molecule has 0 aliphatic rings. The van der Waals surface area contributed by atoms with Gasteiger partial charge in [-0.1, -0.05) is 29.8 Å². The third kappa shape index (κ3) is 4.47. The van der Waals surface area contributed by atoms with Crippen LogP contribution in [-0.2, 0) is 21.3 Å². The van der Waals surface area contributed by atoms with Gasteiger partial charge in [0.15, 0.2) is 0 Å². The number of aryl methyl sites for hydroxylation is 2. The van der Waals surface area contributed by atoms with E-state index in [-0.39, 0.29) is 11.5 Å². The molecule has 0 radical (unpaired) electrons. The van der Waals surface area contributed by atoms with E-state index in [1.54, 1.807) is 24.3 Å². The predicted octanol–water partition coefficient (Wildman–Crippen LogP) is 4.39. The van der Waals surface area contributed by atoms with Crippen molar-refractivity contribution in [2.45, 2.75) is 11.8 Å². The van der Waals surface area contributed by atoms with Gasteiger partial charge in [-0.15, -0.1) is 0 Å². The molecule has 1 aromatic heterocycles. The van der Waals surface area contributed by atoms with Gasteiger partial charge in [0.1, 0.15) is 5.82 Å². The van der Waals surface area contributed by atoms with E-state index in [0.29, 0.717) is 6.54 Å². The van der Waals surface area contributed by atoms with E-state index < -0.39 is 10.1 Å². The summed E-state index contributed by atoms with van der Waals surface area (Å²) in [5, 5.41) is 0. The first-order valence-electron chi connectivity index (χ1n) is 10.0. The standard InChI is InChI=1S/C24H25N3O3S/c1-18-8-14-21(15-9-18)31(28,29)30-17-16-26(2)20-12-10-19(11-13-20)24-25-22-6-4-5-7-23(22)27(24)3/h4-15H,16-17H2,1-3H3. The number of aromatic nitrogens is 2. The maximum atomic E-state index is 12.3. The minimum absolute atomic E-state index is 0.0687. The molecule has 6 nitrogen and oxygen atoms in total. The van der Waals surface area contributed by atoms with Crippen molar-refractivity contribution in [1.29, 1.82) is 0 Å². The number of nitrogens with zero attached hydrogens (tertiary/aromatic N) is 3. The van der Waals surface area contributed by atoms with E-state index in [9.17, 15) is 8.42 Å². The molecule has 3 aromatic carbocycles. The average molecular weight is 436 g/mol. The maximum Gasteiger partial charge on any atom is 0.297 e. The topological polar surface area (TPSA) is 64.4 Å². The zero-order valence-corrected chi connectivity index (χ0v) is 18.6. The molecule has 160 valence electrons. The highest BCUT2D eigenvalue weighted by molar-refractivity contribution is 7.86. The Balaban J connectivity index is 1.41. The van der Waals surface area contributed by atoms with Gasteiger partial charge in [0.05, 0.1) is 22.5 Å². The number of fused-ring (bicyclic) bond motifs is 1. The molecule has 31 heavy (non-hydrogen) atoms. The minimum Gasteiger partial charge on any atom is -0.372 e. The largest absolute Gasteiger partial charge is 0.372 e. The van der Waals surface area contributed by atoms with Crippen molar-refractivity contribution in [3.8, 4) is 11.4 Å². The number of rotatable bonds is 7. The van der Waals surface area contributed by atoms with Crippen LogP contribution in [0.1, 0.15) is 5.56 Å². The Morgan fingerprint density at radius 1 is 0.968 bits per heavy atom. The van der Waals surface area contributed by atoms with Crippen molar-refractivity contribution in [2.75, 3.05) is 25.1 Å². The summed E-state index contributed by atoms with van der Waals surface area (Å²) in [7, 11) is 0.166. The number of likely N-dealkylation sites (N-methyl/N-ethyl adjacent to an activating group) is 1. The van der Waals surface area contributed by atoms with Crippen LogP contribution in [0.2, 0.25) is 0 Å².